The molecule has 0 spiro atoms. The van der Waals surface area contributed by atoms with Crippen molar-refractivity contribution in [2.24, 2.45) is 0 Å². The molecule has 2 aromatic rings. The molecular formula is C15H13ClN2O3. The fraction of sp³-hybridized carbons (Fsp3) is 0.133. The standard InChI is InChI=1S/C15H13ClN2O3/c1-10(11-6-3-2-4-7-11)17-15(19)12-8-5-9-13(16)14(12)18(20)21/h2-10H,1H3,(H,17,19)/t10-/m0/s1. The van der Waals surface area contributed by atoms with E-state index in [4.69, 9.17) is 11.6 Å². The Labute approximate surface area is 126 Å². The Kier molecular flexibility index (Phi) is 4.55. The molecule has 5 nitrogen and oxygen atoms in total. The molecule has 2 rings (SSSR count). The van der Waals surface area contributed by atoms with Crippen molar-refractivity contribution in [3.05, 3.63) is 74.8 Å². The summed E-state index contributed by atoms with van der Waals surface area (Å²) in [6, 6.07) is 13.4. The third-order valence-corrected chi connectivity index (χ3v) is 3.37. The average Bonchev–Trinajstić information content (AvgIpc) is 2.47. The van der Waals surface area contributed by atoms with Gasteiger partial charge in [-0.25, -0.2) is 0 Å². The van der Waals surface area contributed by atoms with Crippen LogP contribution in [0.1, 0.15) is 28.9 Å². The lowest BCUT2D eigenvalue weighted by Gasteiger charge is -2.14. The maximum atomic E-state index is 12.2. The summed E-state index contributed by atoms with van der Waals surface area (Å²) in [5.41, 5.74) is 0.489. The first-order chi connectivity index (χ1) is 10.0. The largest absolute Gasteiger partial charge is 0.345 e. The van der Waals surface area contributed by atoms with Gasteiger partial charge in [-0.3, -0.25) is 14.9 Å². The van der Waals surface area contributed by atoms with E-state index in [9.17, 15) is 14.9 Å². The number of nitrogens with zero attached hydrogens (tertiary/aromatic N) is 1. The quantitative estimate of drug-likeness (QED) is 0.691. The highest BCUT2D eigenvalue weighted by molar-refractivity contribution is 6.33. The molecule has 2 aromatic carbocycles. The van der Waals surface area contributed by atoms with Crippen LogP contribution >= 0.6 is 11.6 Å². The van der Waals surface area contributed by atoms with Gasteiger partial charge < -0.3 is 5.32 Å². The minimum Gasteiger partial charge on any atom is -0.345 e. The number of hydrogen-bond donors (Lipinski definition) is 1. The van der Waals surface area contributed by atoms with Gasteiger partial charge >= 0.3 is 5.69 Å². The summed E-state index contributed by atoms with van der Waals surface area (Å²) in [6.45, 7) is 1.81. The van der Waals surface area contributed by atoms with Gasteiger partial charge in [-0.1, -0.05) is 48.0 Å². The molecule has 0 aliphatic carbocycles. The maximum Gasteiger partial charge on any atom is 0.300 e. The number of amides is 1. The molecule has 1 amide bonds. The second kappa shape index (κ2) is 6.37. The maximum absolute atomic E-state index is 12.2. The first-order valence-corrected chi connectivity index (χ1v) is 6.67. The number of halogens is 1. The van der Waals surface area contributed by atoms with Gasteiger partial charge in [-0.2, -0.15) is 0 Å². The van der Waals surface area contributed by atoms with Gasteiger partial charge in [0.15, 0.2) is 0 Å². The predicted molar refractivity (Wildman–Crippen MR) is 80.4 cm³/mol. The number of nitro groups is 1. The molecule has 21 heavy (non-hydrogen) atoms. The SMILES string of the molecule is C[C@H](NC(=O)c1cccc(Cl)c1[N+](=O)[O-])c1ccccc1. The molecular weight excluding hydrogens is 292 g/mol. The zero-order valence-corrected chi connectivity index (χ0v) is 12.0. The fourth-order valence-electron chi connectivity index (χ4n) is 1.98. The average molecular weight is 305 g/mol. The predicted octanol–water partition coefficient (Wildman–Crippen LogP) is 3.74. The van der Waals surface area contributed by atoms with Crippen LogP contribution in [0.15, 0.2) is 48.5 Å². The highest BCUT2D eigenvalue weighted by Gasteiger charge is 2.24. The summed E-state index contributed by atoms with van der Waals surface area (Å²) in [4.78, 5) is 22.6. The van der Waals surface area contributed by atoms with Crippen molar-refractivity contribution in [1.82, 2.24) is 5.32 Å². The monoisotopic (exact) mass is 304 g/mol. The minimum atomic E-state index is -0.648. The van der Waals surface area contributed by atoms with Crippen molar-refractivity contribution >= 4 is 23.2 Å². The molecule has 0 radical (unpaired) electrons. The number of nitro benzene ring substituents is 1. The zero-order valence-electron chi connectivity index (χ0n) is 11.2. The normalized spacial score (nSPS) is 11.7. The zero-order chi connectivity index (χ0) is 15.4. The highest BCUT2D eigenvalue weighted by atomic mass is 35.5. The highest BCUT2D eigenvalue weighted by Crippen LogP contribution is 2.28. The number of nitrogens with one attached hydrogen (secondary N) is 1. The molecule has 0 aliphatic heterocycles. The van der Waals surface area contributed by atoms with Crippen LogP contribution in [0.4, 0.5) is 5.69 Å². The van der Waals surface area contributed by atoms with Crippen LogP contribution in [0.3, 0.4) is 0 Å². The Bertz CT molecular complexity index is 674. The van der Waals surface area contributed by atoms with Crippen LogP contribution in [-0.2, 0) is 0 Å². The number of para-hydroxylation sites is 1. The molecule has 0 saturated carbocycles. The van der Waals surface area contributed by atoms with Gasteiger partial charge in [0.25, 0.3) is 5.91 Å². The Morgan fingerprint density at radius 1 is 1.19 bits per heavy atom. The molecule has 0 fully saturated rings. The second-order valence-corrected chi connectivity index (χ2v) is 4.91. The molecule has 0 saturated heterocycles. The molecule has 6 heteroatoms. The van der Waals surface area contributed by atoms with Crippen LogP contribution in [0.2, 0.25) is 5.02 Å². The van der Waals surface area contributed by atoms with E-state index in [-0.39, 0.29) is 22.3 Å². The third kappa shape index (κ3) is 3.38. The van der Waals surface area contributed by atoms with Gasteiger partial charge in [0, 0.05) is 0 Å². The topological polar surface area (TPSA) is 72.2 Å². The van der Waals surface area contributed by atoms with Crippen molar-refractivity contribution in [2.45, 2.75) is 13.0 Å². The molecule has 1 atom stereocenters. The molecule has 0 aliphatic rings. The summed E-state index contributed by atoms with van der Waals surface area (Å²) < 4.78 is 0. The summed E-state index contributed by atoms with van der Waals surface area (Å²) >= 11 is 5.80. The van der Waals surface area contributed by atoms with Crippen LogP contribution in [0.25, 0.3) is 0 Å². The first-order valence-electron chi connectivity index (χ1n) is 6.29. The van der Waals surface area contributed by atoms with E-state index in [1.807, 2.05) is 37.3 Å². The smallest absolute Gasteiger partial charge is 0.300 e. The van der Waals surface area contributed by atoms with Gasteiger partial charge in [-0.15, -0.1) is 0 Å². The summed E-state index contributed by atoms with van der Waals surface area (Å²) in [7, 11) is 0. The fourth-order valence-corrected chi connectivity index (χ4v) is 2.23. The van der Waals surface area contributed by atoms with Crippen molar-refractivity contribution < 1.29 is 9.72 Å². The minimum absolute atomic E-state index is 0.0460. The lowest BCUT2D eigenvalue weighted by molar-refractivity contribution is -0.385. The van der Waals surface area contributed by atoms with Gasteiger partial charge in [0.2, 0.25) is 0 Å². The molecule has 0 aromatic heterocycles. The Morgan fingerprint density at radius 3 is 2.48 bits per heavy atom. The lowest BCUT2D eigenvalue weighted by Crippen LogP contribution is -2.27. The molecule has 108 valence electrons. The van der Waals surface area contributed by atoms with Crippen molar-refractivity contribution in [2.75, 3.05) is 0 Å². The third-order valence-electron chi connectivity index (χ3n) is 3.06. The Morgan fingerprint density at radius 2 is 1.86 bits per heavy atom. The van der Waals surface area contributed by atoms with E-state index in [2.05, 4.69) is 5.32 Å². The van der Waals surface area contributed by atoms with Gasteiger partial charge in [-0.05, 0) is 24.6 Å². The van der Waals surface area contributed by atoms with Crippen molar-refractivity contribution in [3.8, 4) is 0 Å². The van der Waals surface area contributed by atoms with E-state index in [0.29, 0.717) is 0 Å². The van der Waals surface area contributed by atoms with E-state index < -0.39 is 10.8 Å². The summed E-state index contributed by atoms with van der Waals surface area (Å²) in [6.07, 6.45) is 0. The van der Waals surface area contributed by atoms with Crippen LogP contribution in [-0.4, -0.2) is 10.8 Å². The van der Waals surface area contributed by atoms with Gasteiger partial charge in [0.05, 0.1) is 11.0 Å². The van der Waals surface area contributed by atoms with E-state index in [1.54, 1.807) is 0 Å². The number of benzene rings is 2. The van der Waals surface area contributed by atoms with Crippen molar-refractivity contribution in [3.63, 3.8) is 0 Å². The van der Waals surface area contributed by atoms with E-state index in [0.717, 1.165) is 5.56 Å². The number of carbonyl (C=O) groups is 1. The number of hydrogen-bond acceptors (Lipinski definition) is 3. The first kappa shape index (κ1) is 15.0. The van der Waals surface area contributed by atoms with E-state index in [1.165, 1.54) is 18.2 Å². The van der Waals surface area contributed by atoms with Crippen LogP contribution in [0, 0.1) is 10.1 Å². The lowest BCUT2D eigenvalue weighted by atomic mass is 10.1. The summed E-state index contributed by atoms with van der Waals surface area (Å²) in [5, 5.41) is 13.7. The Hall–Kier alpha value is -2.40. The number of rotatable bonds is 4. The van der Waals surface area contributed by atoms with Gasteiger partial charge in [0.1, 0.15) is 10.6 Å². The van der Waals surface area contributed by atoms with Crippen LogP contribution in [0.5, 0.6) is 0 Å². The number of carbonyl (C=O) groups excluding carboxylic acids is 1. The molecule has 0 heterocycles. The molecule has 1 N–H and O–H groups in total. The van der Waals surface area contributed by atoms with Crippen LogP contribution < -0.4 is 5.32 Å². The van der Waals surface area contributed by atoms with E-state index >= 15 is 0 Å². The summed E-state index contributed by atoms with van der Waals surface area (Å²) in [5.74, 6) is -0.527. The van der Waals surface area contributed by atoms with Crippen molar-refractivity contribution in [1.29, 1.82) is 0 Å². The molecule has 0 unspecified atom stereocenters. The Balaban J connectivity index is 2.26. The second-order valence-electron chi connectivity index (χ2n) is 4.50. The molecule has 0 bridgehead atoms.